The Bertz CT molecular complexity index is 835. The number of carbonyl (C=O) groups excluding carboxylic acids is 1. The first-order chi connectivity index (χ1) is 10.9. The lowest BCUT2D eigenvalue weighted by molar-refractivity contribution is -0.117. The van der Waals surface area contributed by atoms with Crippen LogP contribution in [-0.4, -0.2) is 27.0 Å². The van der Waals surface area contributed by atoms with Crippen LogP contribution in [0.1, 0.15) is 6.92 Å². The van der Waals surface area contributed by atoms with Gasteiger partial charge in [0.25, 0.3) is 0 Å². The first-order valence-corrected chi connectivity index (χ1v) is 8.59. The fourth-order valence-electron chi connectivity index (χ4n) is 1.69. The maximum Gasteiger partial charge on any atom is 0.184 e. The summed E-state index contributed by atoms with van der Waals surface area (Å²) in [5.41, 5.74) is 0.665. The summed E-state index contributed by atoms with van der Waals surface area (Å²) in [5.74, 6) is -1.66. The molecule has 0 bridgehead atoms. The van der Waals surface area contributed by atoms with Crippen molar-refractivity contribution in [2.24, 2.45) is 5.92 Å². The molecule has 118 valence electrons. The average Bonchev–Trinajstić information content (AvgIpc) is 2.87. The Labute approximate surface area is 145 Å². The van der Waals surface area contributed by atoms with Crippen LogP contribution in [0.15, 0.2) is 28.6 Å². The lowest BCUT2D eigenvalue weighted by atomic mass is 10.0. The van der Waals surface area contributed by atoms with Crippen LogP contribution in [0, 0.1) is 32.4 Å². The van der Waals surface area contributed by atoms with Gasteiger partial charge in [-0.2, -0.15) is 5.26 Å². The van der Waals surface area contributed by atoms with Gasteiger partial charge < -0.3 is 5.41 Å². The molecule has 0 amide bonds. The minimum Gasteiger partial charge on any atom is -0.308 e. The Hall–Kier alpha value is -1.89. The van der Waals surface area contributed by atoms with E-state index in [4.69, 9.17) is 22.9 Å². The number of carbonyl (C=O) groups is 1. The van der Waals surface area contributed by atoms with E-state index < -0.39 is 5.92 Å². The number of ketones is 1. The standard InChI is InChI=1S/C14H11FN4OS3/c1-8(17)11(6-16)12(20)7-22-13-18-19(14(21)23-13)10-4-2-9(15)3-5-10/h2-5,11,17H,7H2,1H3. The Morgan fingerprint density at radius 2 is 2.22 bits per heavy atom. The molecule has 1 heterocycles. The molecule has 1 atom stereocenters. The molecule has 9 heteroatoms. The maximum absolute atomic E-state index is 13.0. The second-order valence-corrected chi connectivity index (χ2v) is 7.37. The molecule has 0 aliphatic rings. The van der Waals surface area contributed by atoms with E-state index in [1.165, 1.54) is 46.8 Å². The summed E-state index contributed by atoms with van der Waals surface area (Å²) in [7, 11) is 0. The summed E-state index contributed by atoms with van der Waals surface area (Å²) < 4.78 is 15.5. The second-order valence-electron chi connectivity index (χ2n) is 4.52. The van der Waals surface area contributed by atoms with Gasteiger partial charge in [0.2, 0.25) is 0 Å². The molecule has 0 radical (unpaired) electrons. The van der Waals surface area contributed by atoms with Crippen molar-refractivity contribution in [1.82, 2.24) is 9.78 Å². The highest BCUT2D eigenvalue weighted by Gasteiger charge is 2.20. The lowest BCUT2D eigenvalue weighted by Crippen LogP contribution is -2.21. The minimum atomic E-state index is -1.02. The smallest absolute Gasteiger partial charge is 0.184 e. The Morgan fingerprint density at radius 1 is 1.57 bits per heavy atom. The number of benzene rings is 1. The lowest BCUT2D eigenvalue weighted by Gasteiger charge is -2.04. The van der Waals surface area contributed by atoms with Crippen molar-refractivity contribution in [1.29, 1.82) is 10.7 Å². The predicted molar refractivity (Wildman–Crippen MR) is 90.5 cm³/mol. The van der Waals surface area contributed by atoms with E-state index in [0.717, 1.165) is 0 Å². The molecule has 0 fully saturated rings. The molecule has 23 heavy (non-hydrogen) atoms. The van der Waals surface area contributed by atoms with E-state index in [9.17, 15) is 9.18 Å². The number of aromatic nitrogens is 2. The second kappa shape index (κ2) is 7.59. The monoisotopic (exact) mass is 366 g/mol. The van der Waals surface area contributed by atoms with Crippen LogP contribution in [0.3, 0.4) is 0 Å². The molecule has 0 aliphatic carbocycles. The van der Waals surface area contributed by atoms with Gasteiger partial charge in [0.15, 0.2) is 14.1 Å². The third-order valence-corrected chi connectivity index (χ3v) is 5.21. The molecule has 5 nitrogen and oxygen atoms in total. The van der Waals surface area contributed by atoms with Gasteiger partial charge >= 0.3 is 0 Å². The van der Waals surface area contributed by atoms with Gasteiger partial charge in [0, 0.05) is 5.71 Å². The van der Waals surface area contributed by atoms with E-state index >= 15 is 0 Å². The number of rotatable bonds is 6. The van der Waals surface area contributed by atoms with Crippen LogP contribution in [0.25, 0.3) is 5.69 Å². The van der Waals surface area contributed by atoms with Crippen LogP contribution in [0.5, 0.6) is 0 Å². The summed E-state index contributed by atoms with van der Waals surface area (Å²) in [6, 6.07) is 7.58. The Balaban J connectivity index is 2.12. The normalized spacial score (nSPS) is 11.7. The fourth-order valence-corrected chi connectivity index (χ4v) is 3.96. The molecule has 1 N–H and O–H groups in total. The molecule has 2 aromatic rings. The third-order valence-electron chi connectivity index (χ3n) is 2.82. The summed E-state index contributed by atoms with van der Waals surface area (Å²) >= 11 is 7.63. The van der Waals surface area contributed by atoms with Crippen molar-refractivity contribution < 1.29 is 9.18 Å². The van der Waals surface area contributed by atoms with Crippen molar-refractivity contribution in [3.8, 4) is 11.8 Å². The maximum atomic E-state index is 13.0. The number of Topliss-reactive ketones (excluding diaryl/α,β-unsaturated/α-hetero) is 1. The van der Waals surface area contributed by atoms with Crippen molar-refractivity contribution in [3.05, 3.63) is 34.0 Å². The molecule has 0 spiro atoms. The van der Waals surface area contributed by atoms with Crippen LogP contribution in [0.4, 0.5) is 4.39 Å². The summed E-state index contributed by atoms with van der Waals surface area (Å²) in [6.07, 6.45) is 0. The highest BCUT2D eigenvalue weighted by molar-refractivity contribution is 8.01. The number of thioether (sulfide) groups is 1. The molecule has 1 aromatic carbocycles. The number of nitriles is 1. The van der Waals surface area contributed by atoms with E-state index in [0.29, 0.717) is 14.0 Å². The number of hydrogen-bond donors (Lipinski definition) is 1. The van der Waals surface area contributed by atoms with Gasteiger partial charge in [-0.25, -0.2) is 9.07 Å². The molecule has 0 aliphatic heterocycles. The van der Waals surface area contributed by atoms with Crippen molar-refractivity contribution in [3.63, 3.8) is 0 Å². The Morgan fingerprint density at radius 3 is 2.78 bits per heavy atom. The van der Waals surface area contributed by atoms with Gasteiger partial charge in [-0.05, 0) is 43.4 Å². The molecular formula is C14H11FN4OS3. The van der Waals surface area contributed by atoms with Crippen LogP contribution < -0.4 is 0 Å². The zero-order chi connectivity index (χ0) is 17.0. The zero-order valence-electron chi connectivity index (χ0n) is 11.9. The van der Waals surface area contributed by atoms with Crippen molar-refractivity contribution >= 4 is 46.8 Å². The van der Waals surface area contributed by atoms with E-state index in [1.807, 2.05) is 6.07 Å². The topological polar surface area (TPSA) is 82.5 Å². The molecule has 2 rings (SSSR count). The summed E-state index contributed by atoms with van der Waals surface area (Å²) in [6.45, 7) is 1.43. The quantitative estimate of drug-likeness (QED) is 0.479. The summed E-state index contributed by atoms with van der Waals surface area (Å²) in [5, 5.41) is 20.6. The van der Waals surface area contributed by atoms with Gasteiger partial charge in [-0.3, -0.25) is 4.79 Å². The molecule has 0 saturated heterocycles. The first-order valence-electron chi connectivity index (χ1n) is 6.38. The summed E-state index contributed by atoms with van der Waals surface area (Å²) in [4.78, 5) is 11.9. The van der Waals surface area contributed by atoms with Crippen LogP contribution >= 0.6 is 35.3 Å². The van der Waals surface area contributed by atoms with E-state index in [2.05, 4.69) is 5.10 Å². The number of nitrogens with one attached hydrogen (secondary N) is 1. The van der Waals surface area contributed by atoms with Gasteiger partial charge in [0.1, 0.15) is 11.7 Å². The zero-order valence-corrected chi connectivity index (χ0v) is 14.4. The molecular weight excluding hydrogens is 355 g/mol. The number of halogens is 1. The predicted octanol–water partition coefficient (Wildman–Crippen LogP) is 3.64. The van der Waals surface area contributed by atoms with E-state index in [1.54, 1.807) is 12.1 Å². The molecule has 1 unspecified atom stereocenters. The van der Waals surface area contributed by atoms with Crippen LogP contribution in [-0.2, 0) is 4.79 Å². The highest BCUT2D eigenvalue weighted by atomic mass is 32.2. The van der Waals surface area contributed by atoms with Crippen molar-refractivity contribution in [2.45, 2.75) is 11.3 Å². The van der Waals surface area contributed by atoms with Gasteiger partial charge in [-0.15, -0.1) is 5.10 Å². The third kappa shape index (κ3) is 4.31. The minimum absolute atomic E-state index is 0.0302. The molecule has 1 aromatic heterocycles. The SMILES string of the molecule is CC(=N)C(C#N)C(=O)CSc1nn(-c2ccc(F)cc2)c(=S)s1. The van der Waals surface area contributed by atoms with Gasteiger partial charge in [0.05, 0.1) is 17.5 Å². The van der Waals surface area contributed by atoms with Crippen molar-refractivity contribution in [2.75, 3.05) is 5.75 Å². The number of nitrogens with zero attached hydrogens (tertiary/aromatic N) is 3. The average molecular weight is 366 g/mol. The molecule has 0 saturated carbocycles. The van der Waals surface area contributed by atoms with Gasteiger partial charge in [-0.1, -0.05) is 23.1 Å². The largest absolute Gasteiger partial charge is 0.308 e. The fraction of sp³-hybridized carbons (Fsp3) is 0.214. The Kier molecular flexibility index (Phi) is 5.76. The first kappa shape index (κ1) is 17.5. The van der Waals surface area contributed by atoms with E-state index in [-0.39, 0.29) is 23.1 Å². The highest BCUT2D eigenvalue weighted by Crippen LogP contribution is 2.25. The van der Waals surface area contributed by atoms with Crippen LogP contribution in [0.2, 0.25) is 0 Å². The number of hydrogen-bond acceptors (Lipinski definition) is 7.